The molecule has 0 saturated heterocycles. The Hall–Kier alpha value is -4.61. The van der Waals surface area contributed by atoms with Crippen LogP contribution in [0.4, 0.5) is 0 Å². The summed E-state index contributed by atoms with van der Waals surface area (Å²) in [6, 6.07) is 19.5. The van der Waals surface area contributed by atoms with Crippen molar-refractivity contribution in [3.63, 3.8) is 0 Å². The van der Waals surface area contributed by atoms with Gasteiger partial charge >= 0.3 is 12.1 Å². The summed E-state index contributed by atoms with van der Waals surface area (Å²) in [7, 11) is 1.29. The Morgan fingerprint density at radius 3 is 1.70 bits per heavy atom. The molecule has 13 heteroatoms. The average molecular weight is 865 g/mol. The Kier molecular flexibility index (Phi) is 16.9. The highest BCUT2D eigenvalue weighted by atomic mass is 35.5. The van der Waals surface area contributed by atoms with E-state index in [0.29, 0.717) is 40.5 Å². The third-order valence-corrected chi connectivity index (χ3v) is 11.8. The van der Waals surface area contributed by atoms with E-state index >= 15 is 0 Å². The van der Waals surface area contributed by atoms with Crippen LogP contribution in [0.3, 0.4) is 0 Å². The Morgan fingerprint density at radius 2 is 1.25 bits per heavy atom. The predicted octanol–water partition coefficient (Wildman–Crippen LogP) is 8.97. The number of methoxy groups -OCH3 is 1. The minimum Gasteiger partial charge on any atom is -0.493 e. The number of halogens is 2. The molecule has 0 bridgehead atoms. The van der Waals surface area contributed by atoms with E-state index in [1.54, 1.807) is 12.1 Å². The first kappa shape index (κ1) is 46.5. The molecule has 0 aromatic heterocycles. The number of carbonyl (C=O) groups is 1. The topological polar surface area (TPSA) is 150 Å². The Labute approximate surface area is 362 Å². The molecular weight excluding hydrogens is 809 g/mol. The summed E-state index contributed by atoms with van der Waals surface area (Å²) >= 11 is 13.7. The summed E-state index contributed by atoms with van der Waals surface area (Å²) in [5.74, 6) is 2.08. The highest BCUT2D eigenvalue weighted by molar-refractivity contribution is 6.32. The quantitative estimate of drug-likeness (QED) is 0.0823. The molecule has 4 aromatic rings. The van der Waals surface area contributed by atoms with Gasteiger partial charge in [0.25, 0.3) is 0 Å². The van der Waals surface area contributed by atoms with E-state index < -0.39 is 18.1 Å². The number of hydrogen-bond acceptors (Lipinski definition) is 11. The van der Waals surface area contributed by atoms with Gasteiger partial charge in [0.15, 0.2) is 0 Å². The Balaban J connectivity index is 0.00000221. The van der Waals surface area contributed by atoms with Gasteiger partial charge in [-0.05, 0) is 123 Å². The normalized spacial score (nSPS) is 17.2. The fourth-order valence-electron chi connectivity index (χ4n) is 7.96. The maximum absolute atomic E-state index is 12.2. The van der Waals surface area contributed by atoms with Gasteiger partial charge in [-0.3, -0.25) is 10.1 Å². The number of aliphatic hydroxyl groups is 2. The molecule has 322 valence electrons. The average Bonchev–Trinajstić information content (AvgIpc) is 3.84. The zero-order valence-corrected chi connectivity index (χ0v) is 36.5. The zero-order valence-electron chi connectivity index (χ0n) is 35.0. The molecule has 0 heterocycles. The smallest absolute Gasteiger partial charge is 0.373 e. The number of aliphatic hydroxyl groups excluding tert-OH is 2. The predicted molar refractivity (Wildman–Crippen MR) is 229 cm³/mol. The van der Waals surface area contributed by atoms with E-state index in [4.69, 9.17) is 56.5 Å². The van der Waals surface area contributed by atoms with Crippen molar-refractivity contribution in [2.24, 2.45) is 5.92 Å². The first-order chi connectivity index (χ1) is 28.8. The van der Waals surface area contributed by atoms with Crippen molar-refractivity contribution < 1.29 is 48.3 Å². The van der Waals surface area contributed by atoms with Crippen LogP contribution in [0.5, 0.6) is 23.0 Å². The second-order valence-electron chi connectivity index (χ2n) is 15.1. The van der Waals surface area contributed by atoms with Crippen LogP contribution in [-0.4, -0.2) is 60.9 Å². The molecule has 0 spiro atoms. The molecule has 2 aliphatic rings. The molecule has 6 rings (SSSR count). The third kappa shape index (κ3) is 11.0. The standard InChI is InChI=1S/C46H55Cl2NO8.CO2/c1-7-54-41-23-43(37(47)21-29(41)16-15-26(3)27(4)50)56-39-19-17-33-31(11-9-13-35(33)39)32-12-10-14-36-34(32)18-20-40(36)57-44-24-42(55-8-2)30(22-38(44)48)25-49-45(28(5)51)46(52)53-6;2-1-3/h9-14,21-24,26-28,39-40,45,49-51H,7-8,15-20,25H2,1-6H3;/t26-,27+,28+,39-,40-,45-;/m0./s1. The van der Waals surface area contributed by atoms with Crippen molar-refractivity contribution in [3.05, 3.63) is 104 Å². The minimum atomic E-state index is -0.955. The van der Waals surface area contributed by atoms with Crippen molar-refractivity contribution in [3.8, 4) is 34.1 Å². The molecule has 2 aliphatic carbocycles. The molecule has 0 radical (unpaired) electrons. The van der Waals surface area contributed by atoms with Crippen LogP contribution in [0.25, 0.3) is 11.1 Å². The van der Waals surface area contributed by atoms with Crippen molar-refractivity contribution in [1.82, 2.24) is 5.32 Å². The van der Waals surface area contributed by atoms with Crippen LogP contribution < -0.4 is 24.3 Å². The van der Waals surface area contributed by atoms with Crippen LogP contribution in [0.1, 0.15) is 99.5 Å². The maximum atomic E-state index is 12.2. The maximum Gasteiger partial charge on any atom is 0.373 e. The van der Waals surface area contributed by atoms with Crippen molar-refractivity contribution in [2.75, 3.05) is 20.3 Å². The number of hydrogen-bond donors (Lipinski definition) is 3. The van der Waals surface area contributed by atoms with Crippen molar-refractivity contribution >= 4 is 35.3 Å². The lowest BCUT2D eigenvalue weighted by molar-refractivity contribution is -0.191. The Morgan fingerprint density at radius 1 is 0.767 bits per heavy atom. The van der Waals surface area contributed by atoms with Gasteiger partial charge < -0.3 is 33.9 Å². The number of fused-ring (bicyclic) bond motifs is 2. The second-order valence-corrected chi connectivity index (χ2v) is 16.0. The minimum absolute atomic E-state index is 0.154. The molecule has 3 N–H and O–H groups in total. The van der Waals surface area contributed by atoms with Gasteiger partial charge in [-0.15, -0.1) is 0 Å². The fourth-order valence-corrected chi connectivity index (χ4v) is 8.42. The first-order valence-electron chi connectivity index (χ1n) is 20.5. The molecule has 11 nitrogen and oxygen atoms in total. The van der Waals surface area contributed by atoms with Gasteiger partial charge in [-0.2, -0.15) is 9.59 Å². The summed E-state index contributed by atoms with van der Waals surface area (Å²) in [5.41, 5.74) is 8.98. The molecule has 0 aliphatic heterocycles. The first-order valence-corrected chi connectivity index (χ1v) is 21.2. The SMILES string of the molecule is CCOc1cc(O[C@H]2CCc3c(-c4cccc5c4CC[C@@H]5Oc4cc(OCC)c(CN[C@H](C(=O)OC)[C@@H](C)O)cc4Cl)cccc32)c(Cl)cc1CC[C@H](C)[C@@H](C)O.O=C=O. The number of rotatable bonds is 18. The fraction of sp³-hybridized carbons (Fsp3) is 0.447. The van der Waals surface area contributed by atoms with Gasteiger partial charge in [-0.1, -0.05) is 66.5 Å². The Bertz CT molecular complexity index is 2130. The van der Waals surface area contributed by atoms with E-state index in [0.717, 1.165) is 66.5 Å². The van der Waals surface area contributed by atoms with Crippen LogP contribution in [-0.2, 0) is 44.9 Å². The molecular formula is C47H55Cl2NO10. The highest BCUT2D eigenvalue weighted by Gasteiger charge is 2.32. The zero-order chi connectivity index (χ0) is 43.5. The molecule has 0 fully saturated rings. The summed E-state index contributed by atoms with van der Waals surface area (Å²) in [4.78, 5) is 28.5. The summed E-state index contributed by atoms with van der Waals surface area (Å²) in [5, 5.41) is 24.2. The van der Waals surface area contributed by atoms with Crippen molar-refractivity contribution in [1.29, 1.82) is 0 Å². The number of aryl methyl sites for hydroxylation is 1. The second kappa shape index (κ2) is 21.8. The van der Waals surface area contributed by atoms with Crippen LogP contribution in [0.15, 0.2) is 60.7 Å². The lowest BCUT2D eigenvalue weighted by Crippen LogP contribution is -2.45. The van der Waals surface area contributed by atoms with Gasteiger partial charge in [0.1, 0.15) is 41.2 Å². The molecule has 0 saturated carbocycles. The largest absolute Gasteiger partial charge is 0.493 e. The third-order valence-electron chi connectivity index (χ3n) is 11.2. The summed E-state index contributed by atoms with van der Waals surface area (Å²) in [6.07, 6.45) is 3.48. The molecule has 4 aromatic carbocycles. The van der Waals surface area contributed by atoms with E-state index in [9.17, 15) is 15.0 Å². The van der Waals surface area contributed by atoms with Crippen LogP contribution in [0.2, 0.25) is 10.0 Å². The van der Waals surface area contributed by atoms with Gasteiger partial charge in [-0.25, -0.2) is 0 Å². The van der Waals surface area contributed by atoms with Gasteiger partial charge in [0, 0.05) is 24.2 Å². The number of benzene rings is 4. The van der Waals surface area contributed by atoms with Crippen LogP contribution >= 0.6 is 23.2 Å². The summed E-state index contributed by atoms with van der Waals surface area (Å²) in [6.45, 7) is 10.4. The van der Waals surface area contributed by atoms with Crippen molar-refractivity contribution in [2.45, 2.75) is 110 Å². The lowest BCUT2D eigenvalue weighted by atomic mass is 9.91. The highest BCUT2D eigenvalue weighted by Crippen LogP contribution is 2.47. The van der Waals surface area contributed by atoms with Gasteiger partial charge in [0.05, 0.1) is 42.6 Å². The summed E-state index contributed by atoms with van der Waals surface area (Å²) < 4.78 is 30.2. The number of nitrogens with one attached hydrogen (secondary N) is 1. The van der Waals surface area contributed by atoms with E-state index in [-0.39, 0.29) is 36.9 Å². The molecule has 60 heavy (non-hydrogen) atoms. The monoisotopic (exact) mass is 863 g/mol. The number of esters is 1. The number of carbonyl (C=O) groups excluding carboxylic acids is 3. The molecule has 0 amide bonds. The number of ether oxygens (including phenoxy) is 5. The van der Waals surface area contributed by atoms with E-state index in [1.165, 1.54) is 36.3 Å². The van der Waals surface area contributed by atoms with E-state index in [1.807, 2.05) is 39.8 Å². The molecule has 6 atom stereocenters. The van der Waals surface area contributed by atoms with Gasteiger partial charge in [0.2, 0.25) is 0 Å². The van der Waals surface area contributed by atoms with E-state index in [2.05, 4.69) is 41.7 Å². The lowest BCUT2D eigenvalue weighted by Gasteiger charge is -2.22. The molecule has 0 unspecified atom stereocenters. The van der Waals surface area contributed by atoms with Crippen LogP contribution in [0, 0.1) is 5.92 Å².